The fraction of sp³-hybridized carbons (Fsp3) is 0.238. The Balaban J connectivity index is 1.48. The first kappa shape index (κ1) is 21.4. The third-order valence-corrected chi connectivity index (χ3v) is 5.02. The second-order valence-corrected chi connectivity index (χ2v) is 7.34. The second kappa shape index (κ2) is 9.93. The van der Waals surface area contributed by atoms with E-state index < -0.39 is 0 Å². The molecule has 0 saturated carbocycles. The molecule has 2 amide bonds. The lowest BCUT2D eigenvalue weighted by molar-refractivity contribution is -0.121. The number of hydrogen-bond donors (Lipinski definition) is 3. The van der Waals surface area contributed by atoms with Gasteiger partial charge in [0.15, 0.2) is 10.9 Å². The topological polar surface area (TPSA) is 117 Å². The lowest BCUT2D eigenvalue weighted by atomic mass is 10.1. The average molecular weight is 426 g/mol. The number of thioether (sulfide) groups is 1. The molecule has 2 heterocycles. The van der Waals surface area contributed by atoms with Crippen molar-refractivity contribution in [3.05, 3.63) is 75.6 Å². The number of carbonyl (C=O) groups is 2. The number of benzene rings is 1. The number of anilines is 1. The van der Waals surface area contributed by atoms with Crippen LogP contribution >= 0.6 is 11.8 Å². The highest BCUT2D eigenvalue weighted by molar-refractivity contribution is 7.98. The summed E-state index contributed by atoms with van der Waals surface area (Å²) in [4.78, 5) is 43.3. The van der Waals surface area contributed by atoms with E-state index in [1.807, 2.05) is 18.4 Å². The Morgan fingerprint density at radius 1 is 1.20 bits per heavy atom. The molecular formula is C21H22N4O4S. The predicted octanol–water partition coefficient (Wildman–Crippen LogP) is 2.89. The van der Waals surface area contributed by atoms with Crippen LogP contribution in [0, 0.1) is 6.92 Å². The van der Waals surface area contributed by atoms with Gasteiger partial charge in [-0.1, -0.05) is 23.9 Å². The van der Waals surface area contributed by atoms with Crippen molar-refractivity contribution in [3.8, 4) is 0 Å². The minimum atomic E-state index is -0.327. The van der Waals surface area contributed by atoms with Gasteiger partial charge in [0, 0.05) is 29.9 Å². The molecule has 0 aliphatic rings. The van der Waals surface area contributed by atoms with Crippen molar-refractivity contribution in [1.82, 2.24) is 15.3 Å². The van der Waals surface area contributed by atoms with Crippen LogP contribution in [-0.2, 0) is 17.8 Å². The molecule has 0 aliphatic carbocycles. The van der Waals surface area contributed by atoms with Gasteiger partial charge in [0.25, 0.3) is 11.5 Å². The summed E-state index contributed by atoms with van der Waals surface area (Å²) in [6.45, 7) is 2.12. The first-order valence-corrected chi connectivity index (χ1v) is 10.5. The highest BCUT2D eigenvalue weighted by Gasteiger charge is 2.11. The Bertz CT molecular complexity index is 1080. The van der Waals surface area contributed by atoms with Gasteiger partial charge < -0.3 is 20.0 Å². The first-order chi connectivity index (χ1) is 14.5. The zero-order chi connectivity index (χ0) is 21.5. The molecule has 2 aromatic heterocycles. The molecule has 1 aromatic carbocycles. The summed E-state index contributed by atoms with van der Waals surface area (Å²) < 4.78 is 5.05. The van der Waals surface area contributed by atoms with Gasteiger partial charge >= 0.3 is 0 Å². The van der Waals surface area contributed by atoms with Crippen LogP contribution in [0.4, 0.5) is 5.69 Å². The number of hydrogen-bond acceptors (Lipinski definition) is 6. The number of carbonyl (C=O) groups excluding carboxylic acids is 2. The summed E-state index contributed by atoms with van der Waals surface area (Å²) in [5.74, 6) is -0.247. The van der Waals surface area contributed by atoms with Crippen LogP contribution < -0.4 is 16.2 Å². The fourth-order valence-corrected chi connectivity index (χ4v) is 3.23. The summed E-state index contributed by atoms with van der Waals surface area (Å²) in [6.07, 6.45) is 3.80. The van der Waals surface area contributed by atoms with E-state index in [2.05, 4.69) is 20.6 Å². The Kier molecular flexibility index (Phi) is 7.08. The Morgan fingerprint density at radius 2 is 1.97 bits per heavy atom. The number of aromatic amines is 1. The third-order valence-electron chi connectivity index (χ3n) is 4.44. The van der Waals surface area contributed by atoms with Crippen LogP contribution in [-0.4, -0.2) is 28.0 Å². The molecule has 30 heavy (non-hydrogen) atoms. The smallest absolute Gasteiger partial charge is 0.291 e. The van der Waals surface area contributed by atoms with Gasteiger partial charge in [-0.05, 0) is 49.4 Å². The highest BCUT2D eigenvalue weighted by atomic mass is 32.2. The van der Waals surface area contributed by atoms with Crippen molar-refractivity contribution >= 4 is 29.3 Å². The Labute approximate surface area is 177 Å². The zero-order valence-corrected chi connectivity index (χ0v) is 17.5. The van der Waals surface area contributed by atoms with Gasteiger partial charge in [-0.2, -0.15) is 0 Å². The van der Waals surface area contributed by atoms with E-state index in [0.29, 0.717) is 35.1 Å². The molecule has 0 fully saturated rings. The highest BCUT2D eigenvalue weighted by Crippen LogP contribution is 2.12. The van der Waals surface area contributed by atoms with Crippen molar-refractivity contribution in [2.75, 3.05) is 11.6 Å². The lowest BCUT2D eigenvalue weighted by Gasteiger charge is -2.08. The Hall–Kier alpha value is -3.33. The summed E-state index contributed by atoms with van der Waals surface area (Å²) in [5, 5.41) is 6.13. The number of H-pyrrole nitrogens is 1. The molecule has 0 spiro atoms. The van der Waals surface area contributed by atoms with E-state index in [0.717, 1.165) is 5.56 Å². The van der Waals surface area contributed by atoms with Crippen LogP contribution in [0.5, 0.6) is 0 Å². The minimum absolute atomic E-state index is 0.155. The SMILES string of the molecule is CSc1nc(C)c(CCC(=O)NCc2ccc(NC(=O)c3ccco3)cc2)c(=O)[nH]1. The van der Waals surface area contributed by atoms with Gasteiger partial charge in [0.2, 0.25) is 5.91 Å². The van der Waals surface area contributed by atoms with Crippen molar-refractivity contribution in [2.24, 2.45) is 0 Å². The van der Waals surface area contributed by atoms with E-state index in [4.69, 9.17) is 4.42 Å². The molecule has 0 unspecified atom stereocenters. The lowest BCUT2D eigenvalue weighted by Crippen LogP contribution is -2.25. The van der Waals surface area contributed by atoms with Crippen molar-refractivity contribution in [2.45, 2.75) is 31.5 Å². The fourth-order valence-electron chi connectivity index (χ4n) is 2.81. The number of rotatable bonds is 8. The third kappa shape index (κ3) is 5.60. The van der Waals surface area contributed by atoms with E-state index in [9.17, 15) is 14.4 Å². The molecule has 0 aliphatic heterocycles. The molecule has 3 aromatic rings. The molecule has 9 heteroatoms. The summed E-state index contributed by atoms with van der Waals surface area (Å²) in [6, 6.07) is 10.4. The van der Waals surface area contributed by atoms with Crippen LogP contribution in [0.15, 0.2) is 57.0 Å². The maximum absolute atomic E-state index is 12.2. The van der Waals surface area contributed by atoms with Gasteiger partial charge in [0.1, 0.15) is 0 Å². The maximum Gasteiger partial charge on any atom is 0.291 e. The Morgan fingerprint density at radius 3 is 2.60 bits per heavy atom. The number of amides is 2. The number of nitrogens with one attached hydrogen (secondary N) is 3. The summed E-state index contributed by atoms with van der Waals surface area (Å²) in [7, 11) is 0. The number of furan rings is 1. The monoisotopic (exact) mass is 426 g/mol. The normalized spacial score (nSPS) is 10.6. The van der Waals surface area contributed by atoms with Gasteiger partial charge in [0.05, 0.1) is 6.26 Å². The van der Waals surface area contributed by atoms with Crippen molar-refractivity contribution < 1.29 is 14.0 Å². The van der Waals surface area contributed by atoms with Crippen LogP contribution in [0.25, 0.3) is 0 Å². The van der Waals surface area contributed by atoms with Crippen molar-refractivity contribution in [1.29, 1.82) is 0 Å². The predicted molar refractivity (Wildman–Crippen MR) is 115 cm³/mol. The van der Waals surface area contributed by atoms with Crippen molar-refractivity contribution in [3.63, 3.8) is 0 Å². The number of aryl methyl sites for hydroxylation is 1. The number of aromatic nitrogens is 2. The molecule has 156 valence electrons. The molecule has 3 N–H and O–H groups in total. The second-order valence-electron chi connectivity index (χ2n) is 6.54. The summed E-state index contributed by atoms with van der Waals surface area (Å²) in [5.41, 5.74) is 2.48. The molecule has 0 bridgehead atoms. The van der Waals surface area contributed by atoms with Gasteiger partial charge in [-0.3, -0.25) is 14.4 Å². The zero-order valence-electron chi connectivity index (χ0n) is 16.7. The van der Waals surface area contributed by atoms with Crippen LogP contribution in [0.1, 0.15) is 33.8 Å². The molecule has 0 radical (unpaired) electrons. The van der Waals surface area contributed by atoms with E-state index in [1.54, 1.807) is 31.2 Å². The average Bonchev–Trinajstić information content (AvgIpc) is 3.27. The molecule has 8 nitrogen and oxygen atoms in total. The standard InChI is InChI=1S/C21H22N4O4S/c1-13-16(19(27)25-21(23-13)30-2)9-10-18(26)22-12-14-5-7-15(8-6-14)24-20(28)17-4-3-11-29-17/h3-8,11H,9-10,12H2,1-2H3,(H,22,26)(H,24,28)(H,23,25,27). The van der Waals surface area contributed by atoms with E-state index in [1.165, 1.54) is 18.0 Å². The molecule has 0 saturated heterocycles. The molecular weight excluding hydrogens is 404 g/mol. The van der Waals surface area contributed by atoms with Gasteiger partial charge in [-0.15, -0.1) is 0 Å². The summed E-state index contributed by atoms with van der Waals surface area (Å²) >= 11 is 1.37. The largest absolute Gasteiger partial charge is 0.459 e. The minimum Gasteiger partial charge on any atom is -0.459 e. The maximum atomic E-state index is 12.2. The van der Waals surface area contributed by atoms with E-state index in [-0.39, 0.29) is 29.6 Å². The van der Waals surface area contributed by atoms with E-state index >= 15 is 0 Å². The molecule has 0 atom stereocenters. The molecule has 3 rings (SSSR count). The van der Waals surface area contributed by atoms with Crippen LogP contribution in [0.2, 0.25) is 0 Å². The van der Waals surface area contributed by atoms with Gasteiger partial charge in [-0.25, -0.2) is 4.98 Å². The quantitative estimate of drug-likeness (QED) is 0.377. The first-order valence-electron chi connectivity index (χ1n) is 9.30. The van der Waals surface area contributed by atoms with Crippen LogP contribution in [0.3, 0.4) is 0 Å². The number of nitrogens with zero attached hydrogens (tertiary/aromatic N) is 1.